The van der Waals surface area contributed by atoms with Gasteiger partial charge in [-0.05, 0) is 78.3 Å². The number of amides is 2. The SMILES string of the molecule is CC.CC(CCCC(=O)N1CCCC1)N(C)CCCC(F)(F)F.O=CN1CCCC12CC2.c1ccccc1. The lowest BCUT2D eigenvalue weighted by molar-refractivity contribution is -0.136. The second-order valence-electron chi connectivity index (χ2n) is 10.3. The average Bonchev–Trinajstić information content (AvgIpc) is 3.30. The largest absolute Gasteiger partial charge is 0.389 e. The van der Waals surface area contributed by atoms with Gasteiger partial charge in [0.1, 0.15) is 0 Å². The summed E-state index contributed by atoms with van der Waals surface area (Å²) in [6, 6.07) is 12.2. The van der Waals surface area contributed by atoms with Gasteiger partial charge in [-0.25, -0.2) is 0 Å². The van der Waals surface area contributed by atoms with Crippen molar-refractivity contribution in [3.8, 4) is 0 Å². The molecule has 2 aliphatic heterocycles. The highest BCUT2D eigenvalue weighted by molar-refractivity contribution is 5.76. The Bertz CT molecular complexity index is 724. The molecule has 1 aromatic carbocycles. The van der Waals surface area contributed by atoms with Crippen molar-refractivity contribution >= 4 is 12.3 Å². The molecule has 2 heterocycles. The minimum atomic E-state index is -4.06. The zero-order chi connectivity index (χ0) is 28.4. The lowest BCUT2D eigenvalue weighted by atomic mass is 10.1. The predicted molar refractivity (Wildman–Crippen MR) is 149 cm³/mol. The molecule has 1 unspecified atom stereocenters. The summed E-state index contributed by atoms with van der Waals surface area (Å²) in [7, 11) is 1.85. The first-order chi connectivity index (χ1) is 18.2. The van der Waals surface area contributed by atoms with Crippen LogP contribution in [0, 0.1) is 0 Å². The van der Waals surface area contributed by atoms with Crippen molar-refractivity contribution in [2.75, 3.05) is 33.2 Å². The van der Waals surface area contributed by atoms with Crippen LogP contribution in [-0.2, 0) is 9.59 Å². The first-order valence-electron chi connectivity index (χ1n) is 14.4. The van der Waals surface area contributed by atoms with Crippen molar-refractivity contribution in [1.82, 2.24) is 14.7 Å². The molecule has 0 bridgehead atoms. The van der Waals surface area contributed by atoms with Gasteiger partial charge in [-0.1, -0.05) is 50.2 Å². The summed E-state index contributed by atoms with van der Waals surface area (Å²) < 4.78 is 36.3. The Morgan fingerprint density at radius 2 is 1.50 bits per heavy atom. The van der Waals surface area contributed by atoms with Gasteiger partial charge in [-0.15, -0.1) is 0 Å². The molecule has 1 aromatic rings. The van der Waals surface area contributed by atoms with E-state index in [1.54, 1.807) is 0 Å². The lowest BCUT2D eigenvalue weighted by Gasteiger charge is -2.25. The third-order valence-electron chi connectivity index (χ3n) is 7.47. The smallest absolute Gasteiger partial charge is 0.343 e. The molecule has 1 atom stereocenters. The van der Waals surface area contributed by atoms with Crippen molar-refractivity contribution < 1.29 is 22.8 Å². The molecular formula is C30H50F3N3O2. The minimum Gasteiger partial charge on any atom is -0.343 e. The van der Waals surface area contributed by atoms with Crippen molar-refractivity contribution in [2.45, 2.75) is 109 Å². The topological polar surface area (TPSA) is 43.9 Å². The first kappa shape index (κ1) is 33.9. The third kappa shape index (κ3) is 13.6. The van der Waals surface area contributed by atoms with Crippen LogP contribution in [0.25, 0.3) is 0 Å². The van der Waals surface area contributed by atoms with E-state index in [1.807, 2.05) is 78.9 Å². The molecule has 1 aliphatic carbocycles. The Labute approximate surface area is 228 Å². The number of halogens is 3. The number of carbonyl (C=O) groups is 2. The van der Waals surface area contributed by atoms with Crippen LogP contribution in [0.4, 0.5) is 13.2 Å². The molecule has 2 amide bonds. The van der Waals surface area contributed by atoms with E-state index in [9.17, 15) is 22.8 Å². The van der Waals surface area contributed by atoms with Gasteiger partial charge in [0, 0.05) is 44.1 Å². The normalized spacial score (nSPS) is 18.0. The van der Waals surface area contributed by atoms with E-state index in [0.717, 1.165) is 51.7 Å². The van der Waals surface area contributed by atoms with Gasteiger partial charge < -0.3 is 14.7 Å². The zero-order valence-electron chi connectivity index (χ0n) is 24.0. The Hall–Kier alpha value is -2.09. The molecule has 218 valence electrons. The van der Waals surface area contributed by atoms with E-state index >= 15 is 0 Å². The average molecular weight is 542 g/mol. The van der Waals surface area contributed by atoms with E-state index in [-0.39, 0.29) is 18.4 Å². The molecule has 1 saturated carbocycles. The standard InChI is InChI=1S/C15H27F3N2O.C7H11NO.C6H6.C2H6/c1-13(19(2)10-6-9-15(16,17)18)7-5-8-14(21)20-11-3-4-12-20;9-6-8-5-1-2-7(8)3-4-7;1-2-4-6-5-3-1;1-2/h13H,3-12H2,1-2H3;6H,1-5H2;1-6H;1-2H3. The number of hydrogen-bond acceptors (Lipinski definition) is 3. The maximum Gasteiger partial charge on any atom is 0.389 e. The maximum absolute atomic E-state index is 12.1. The van der Waals surface area contributed by atoms with Crippen LogP contribution in [0.15, 0.2) is 36.4 Å². The van der Waals surface area contributed by atoms with Crippen LogP contribution < -0.4 is 0 Å². The molecule has 38 heavy (non-hydrogen) atoms. The van der Waals surface area contributed by atoms with E-state index in [2.05, 4.69) is 0 Å². The fraction of sp³-hybridized carbons (Fsp3) is 0.733. The molecule has 5 nitrogen and oxygen atoms in total. The van der Waals surface area contributed by atoms with Crippen LogP contribution in [0.5, 0.6) is 0 Å². The second-order valence-corrected chi connectivity index (χ2v) is 10.3. The number of carbonyl (C=O) groups excluding carboxylic acids is 2. The highest BCUT2D eigenvalue weighted by Crippen LogP contribution is 2.48. The number of likely N-dealkylation sites (tertiary alicyclic amines) is 2. The van der Waals surface area contributed by atoms with Gasteiger partial charge in [-0.3, -0.25) is 9.59 Å². The van der Waals surface area contributed by atoms with Gasteiger partial charge in [0.25, 0.3) is 0 Å². The van der Waals surface area contributed by atoms with Crippen LogP contribution in [0.1, 0.15) is 91.4 Å². The van der Waals surface area contributed by atoms with Gasteiger partial charge in [0.05, 0.1) is 0 Å². The van der Waals surface area contributed by atoms with Crippen LogP contribution >= 0.6 is 0 Å². The summed E-state index contributed by atoms with van der Waals surface area (Å²) in [5.41, 5.74) is 0.377. The molecule has 3 aliphatic rings. The lowest BCUT2D eigenvalue weighted by Crippen LogP contribution is -2.31. The molecule has 0 N–H and O–H groups in total. The Morgan fingerprint density at radius 3 is 1.95 bits per heavy atom. The maximum atomic E-state index is 12.1. The number of hydrogen-bond donors (Lipinski definition) is 0. The van der Waals surface area contributed by atoms with Gasteiger partial charge in [0.2, 0.25) is 12.3 Å². The van der Waals surface area contributed by atoms with Crippen LogP contribution in [-0.4, -0.2) is 78.0 Å². The molecule has 1 spiro atoms. The monoisotopic (exact) mass is 541 g/mol. The second kappa shape index (κ2) is 18.2. The van der Waals surface area contributed by atoms with Gasteiger partial charge in [-0.2, -0.15) is 13.2 Å². The Kier molecular flexibility index (Phi) is 16.3. The first-order valence-corrected chi connectivity index (χ1v) is 14.4. The summed E-state index contributed by atoms with van der Waals surface area (Å²) in [4.78, 5) is 28.1. The fourth-order valence-corrected chi connectivity index (χ4v) is 4.83. The summed E-state index contributed by atoms with van der Waals surface area (Å²) in [6.07, 6.45) is 5.76. The van der Waals surface area contributed by atoms with E-state index in [4.69, 9.17) is 0 Å². The molecule has 0 aromatic heterocycles. The van der Waals surface area contributed by atoms with Gasteiger partial charge >= 0.3 is 6.18 Å². The predicted octanol–water partition coefficient (Wildman–Crippen LogP) is 6.93. The van der Waals surface area contributed by atoms with Crippen molar-refractivity contribution in [3.63, 3.8) is 0 Å². The highest BCUT2D eigenvalue weighted by atomic mass is 19.4. The summed E-state index contributed by atoms with van der Waals surface area (Å²) in [6.45, 7) is 9.22. The van der Waals surface area contributed by atoms with Crippen LogP contribution in [0.2, 0.25) is 0 Å². The molecule has 0 radical (unpaired) electrons. The minimum absolute atomic E-state index is 0.136. The van der Waals surface area contributed by atoms with Crippen molar-refractivity contribution in [2.24, 2.45) is 0 Å². The summed E-state index contributed by atoms with van der Waals surface area (Å²) in [5.74, 6) is 0.222. The van der Waals surface area contributed by atoms with Crippen molar-refractivity contribution in [3.05, 3.63) is 36.4 Å². The molecule has 3 fully saturated rings. The zero-order valence-corrected chi connectivity index (χ0v) is 24.0. The number of alkyl halides is 3. The fourth-order valence-electron chi connectivity index (χ4n) is 4.83. The Balaban J connectivity index is 0.000000341. The van der Waals surface area contributed by atoms with Gasteiger partial charge in [0.15, 0.2) is 0 Å². The Morgan fingerprint density at radius 1 is 0.947 bits per heavy atom. The molecule has 8 heteroatoms. The highest BCUT2D eigenvalue weighted by Gasteiger charge is 2.50. The number of rotatable bonds is 9. The van der Waals surface area contributed by atoms with E-state index < -0.39 is 12.6 Å². The van der Waals surface area contributed by atoms with E-state index in [0.29, 0.717) is 18.5 Å². The number of nitrogens with zero attached hydrogens (tertiary/aromatic N) is 3. The quantitative estimate of drug-likeness (QED) is 0.319. The molecular weight excluding hydrogens is 491 g/mol. The van der Waals surface area contributed by atoms with E-state index in [1.165, 1.54) is 25.7 Å². The summed E-state index contributed by atoms with van der Waals surface area (Å²) in [5, 5.41) is 0. The number of benzene rings is 1. The van der Waals surface area contributed by atoms with Crippen LogP contribution in [0.3, 0.4) is 0 Å². The molecule has 4 rings (SSSR count). The molecule has 2 saturated heterocycles. The van der Waals surface area contributed by atoms with Crippen molar-refractivity contribution in [1.29, 1.82) is 0 Å². The third-order valence-corrected chi connectivity index (χ3v) is 7.47. The summed E-state index contributed by atoms with van der Waals surface area (Å²) >= 11 is 0.